The van der Waals surface area contributed by atoms with E-state index in [-0.39, 0.29) is 16.7 Å². The fraction of sp³-hybridized carbons (Fsp3) is 0.429. The quantitative estimate of drug-likeness (QED) is 0.480. The molecule has 1 aliphatic carbocycles. The van der Waals surface area contributed by atoms with Gasteiger partial charge in [0.15, 0.2) is 0 Å². The van der Waals surface area contributed by atoms with E-state index >= 15 is 0 Å². The van der Waals surface area contributed by atoms with Crippen molar-refractivity contribution in [3.8, 4) is 0 Å². The van der Waals surface area contributed by atoms with Gasteiger partial charge in [0.1, 0.15) is 5.00 Å². The zero-order valence-electron chi connectivity index (χ0n) is 15.6. The van der Waals surface area contributed by atoms with Gasteiger partial charge in [-0.1, -0.05) is 53.2 Å². The molecule has 0 bridgehead atoms. The Bertz CT molecular complexity index is 818. The third kappa shape index (κ3) is 4.43. The Balaban J connectivity index is 1.92. The average molecular weight is 450 g/mol. The number of nitrogens with one attached hydrogen (secondary N) is 1. The fourth-order valence-electron chi connectivity index (χ4n) is 3.48. The molecule has 3 rings (SSSR count). The summed E-state index contributed by atoms with van der Waals surface area (Å²) >= 11 is 4.90. The summed E-state index contributed by atoms with van der Waals surface area (Å²) in [5.41, 5.74) is 2.92. The highest BCUT2D eigenvalue weighted by atomic mass is 79.9. The van der Waals surface area contributed by atoms with E-state index in [0.717, 1.165) is 24.8 Å². The zero-order chi connectivity index (χ0) is 19.4. The molecule has 1 heterocycles. The van der Waals surface area contributed by atoms with Gasteiger partial charge in [0.25, 0.3) is 0 Å². The molecule has 0 saturated carbocycles. The largest absolute Gasteiger partial charge is 0.462 e. The van der Waals surface area contributed by atoms with Crippen molar-refractivity contribution in [1.82, 2.24) is 0 Å². The van der Waals surface area contributed by atoms with Crippen molar-refractivity contribution in [3.63, 3.8) is 0 Å². The monoisotopic (exact) mass is 449 g/mol. The lowest BCUT2D eigenvalue weighted by molar-refractivity contribution is -0.115. The highest BCUT2D eigenvalue weighted by molar-refractivity contribution is 9.10. The molecule has 0 fully saturated rings. The van der Waals surface area contributed by atoms with Crippen LogP contribution in [0.15, 0.2) is 30.3 Å². The van der Waals surface area contributed by atoms with Crippen molar-refractivity contribution >= 4 is 44.1 Å². The maximum Gasteiger partial charge on any atom is 0.341 e. The topological polar surface area (TPSA) is 55.4 Å². The summed E-state index contributed by atoms with van der Waals surface area (Å²) in [5.74, 6) is -0.0251. The summed E-state index contributed by atoms with van der Waals surface area (Å²) in [6.07, 6.45) is 3.38. The summed E-state index contributed by atoms with van der Waals surface area (Å²) in [7, 11) is 0. The summed E-state index contributed by atoms with van der Waals surface area (Å²) in [6.45, 7) is 4.06. The molecular weight excluding hydrogens is 426 g/mol. The number of benzene rings is 1. The Morgan fingerprint density at radius 1 is 1.30 bits per heavy atom. The minimum atomic E-state index is -0.342. The standard InChI is InChI=1S/C21H24BrNO3S/c1-3-16(22)19(24)23-20-18(21(25)26-4-2)15-11-10-14(12-17(15)27-20)13-8-6-5-7-9-13/h5-9,14,16H,3-4,10-12H2,1-2H3,(H,23,24)/t14-,16+/m1/s1. The summed E-state index contributed by atoms with van der Waals surface area (Å²) in [5, 5.41) is 3.56. The summed E-state index contributed by atoms with van der Waals surface area (Å²) < 4.78 is 5.28. The lowest BCUT2D eigenvalue weighted by Crippen LogP contribution is -2.23. The molecule has 1 N–H and O–H groups in total. The SMILES string of the molecule is CCOC(=O)c1c(NC(=O)[C@@H](Br)CC)sc2c1CC[C@@H](c1ccccc1)C2. The second-order valence-electron chi connectivity index (χ2n) is 6.64. The van der Waals surface area contributed by atoms with Crippen LogP contribution in [0.4, 0.5) is 5.00 Å². The van der Waals surface area contributed by atoms with Crippen LogP contribution < -0.4 is 5.32 Å². The van der Waals surface area contributed by atoms with Gasteiger partial charge in [0, 0.05) is 4.88 Å². The fourth-order valence-corrected chi connectivity index (χ4v) is 4.91. The molecule has 27 heavy (non-hydrogen) atoms. The van der Waals surface area contributed by atoms with Crippen molar-refractivity contribution in [3.05, 3.63) is 51.9 Å². The van der Waals surface area contributed by atoms with E-state index < -0.39 is 0 Å². The number of carbonyl (C=O) groups is 2. The first-order valence-corrected chi connectivity index (χ1v) is 11.1. The molecule has 0 saturated heterocycles. The maximum atomic E-state index is 12.6. The number of rotatable bonds is 6. The van der Waals surface area contributed by atoms with Gasteiger partial charge in [-0.25, -0.2) is 4.79 Å². The molecule has 0 spiro atoms. The predicted molar refractivity (Wildman–Crippen MR) is 113 cm³/mol. The Hall–Kier alpha value is -1.66. The van der Waals surface area contributed by atoms with E-state index in [9.17, 15) is 9.59 Å². The molecule has 4 nitrogen and oxygen atoms in total. The lowest BCUT2D eigenvalue weighted by Gasteiger charge is -2.23. The molecule has 144 valence electrons. The molecule has 0 radical (unpaired) electrons. The molecule has 0 aliphatic heterocycles. The van der Waals surface area contributed by atoms with E-state index in [4.69, 9.17) is 4.74 Å². The Labute approximate surface area is 172 Å². The molecule has 1 amide bonds. The number of hydrogen-bond donors (Lipinski definition) is 1. The normalized spacial score (nSPS) is 17.1. The van der Waals surface area contributed by atoms with Crippen molar-refractivity contribution in [2.24, 2.45) is 0 Å². The third-order valence-electron chi connectivity index (χ3n) is 4.90. The van der Waals surface area contributed by atoms with Crippen LogP contribution in [0.1, 0.15) is 59.0 Å². The Morgan fingerprint density at radius 3 is 2.70 bits per heavy atom. The number of esters is 1. The van der Waals surface area contributed by atoms with Crippen molar-refractivity contribution < 1.29 is 14.3 Å². The molecule has 0 unspecified atom stereocenters. The van der Waals surface area contributed by atoms with Crippen LogP contribution in [0.25, 0.3) is 0 Å². The molecule has 6 heteroatoms. The Morgan fingerprint density at radius 2 is 2.04 bits per heavy atom. The van der Waals surface area contributed by atoms with Crippen molar-refractivity contribution in [2.75, 3.05) is 11.9 Å². The van der Waals surface area contributed by atoms with Crippen LogP contribution in [0.5, 0.6) is 0 Å². The van der Waals surface area contributed by atoms with Crippen LogP contribution in [-0.4, -0.2) is 23.3 Å². The van der Waals surface area contributed by atoms with E-state index in [1.54, 1.807) is 6.92 Å². The molecule has 2 aromatic rings. The highest BCUT2D eigenvalue weighted by Gasteiger charge is 2.31. The minimum absolute atomic E-state index is 0.124. The predicted octanol–water partition coefficient (Wildman–Crippen LogP) is 5.31. The van der Waals surface area contributed by atoms with Gasteiger partial charge in [-0.3, -0.25) is 4.79 Å². The van der Waals surface area contributed by atoms with E-state index in [1.807, 2.05) is 13.0 Å². The van der Waals surface area contributed by atoms with E-state index in [0.29, 0.717) is 29.5 Å². The molecular formula is C21H24BrNO3S. The van der Waals surface area contributed by atoms with Crippen molar-refractivity contribution in [2.45, 2.75) is 50.3 Å². The number of carbonyl (C=O) groups excluding carboxylic acids is 2. The second-order valence-corrected chi connectivity index (χ2v) is 8.85. The van der Waals surface area contributed by atoms with Crippen molar-refractivity contribution in [1.29, 1.82) is 0 Å². The number of anilines is 1. The van der Waals surface area contributed by atoms with Gasteiger partial charge < -0.3 is 10.1 Å². The van der Waals surface area contributed by atoms with Gasteiger partial charge in [-0.2, -0.15) is 0 Å². The summed E-state index contributed by atoms with van der Waals surface area (Å²) in [6, 6.07) is 10.5. The van der Waals surface area contributed by atoms with Gasteiger partial charge in [-0.05, 0) is 49.7 Å². The number of hydrogen-bond acceptors (Lipinski definition) is 4. The maximum absolute atomic E-state index is 12.6. The molecule has 1 aromatic carbocycles. The first-order chi connectivity index (χ1) is 13.0. The van der Waals surface area contributed by atoms with E-state index in [1.165, 1.54) is 21.8 Å². The van der Waals surface area contributed by atoms with Crippen LogP contribution in [0.2, 0.25) is 0 Å². The number of alkyl halides is 1. The first-order valence-electron chi connectivity index (χ1n) is 9.36. The van der Waals surface area contributed by atoms with Crippen LogP contribution >= 0.6 is 27.3 Å². The number of thiophene rings is 1. The minimum Gasteiger partial charge on any atom is -0.462 e. The smallest absolute Gasteiger partial charge is 0.341 e. The lowest BCUT2D eigenvalue weighted by atomic mass is 9.83. The number of halogens is 1. The molecule has 1 aliphatic rings. The van der Waals surface area contributed by atoms with Crippen LogP contribution in [0, 0.1) is 0 Å². The van der Waals surface area contributed by atoms with Gasteiger partial charge in [0.05, 0.1) is 17.0 Å². The zero-order valence-corrected chi connectivity index (χ0v) is 18.0. The molecule has 2 atom stereocenters. The number of ether oxygens (including phenoxy) is 1. The first kappa shape index (κ1) is 20.1. The Kier molecular flexibility index (Phi) is 6.71. The van der Waals surface area contributed by atoms with Gasteiger partial charge >= 0.3 is 5.97 Å². The number of fused-ring (bicyclic) bond motifs is 1. The number of amides is 1. The molecule has 1 aromatic heterocycles. The van der Waals surface area contributed by atoms with Gasteiger partial charge in [0.2, 0.25) is 5.91 Å². The van der Waals surface area contributed by atoms with Crippen LogP contribution in [-0.2, 0) is 22.4 Å². The van der Waals surface area contributed by atoms with E-state index in [2.05, 4.69) is 45.5 Å². The average Bonchev–Trinajstić information content (AvgIpc) is 3.05. The third-order valence-corrected chi connectivity index (χ3v) is 7.13. The second kappa shape index (κ2) is 9.02. The van der Waals surface area contributed by atoms with Gasteiger partial charge in [-0.15, -0.1) is 11.3 Å². The van der Waals surface area contributed by atoms with Crippen LogP contribution in [0.3, 0.4) is 0 Å². The summed E-state index contributed by atoms with van der Waals surface area (Å²) in [4.78, 5) is 25.9. The highest BCUT2D eigenvalue weighted by Crippen LogP contribution is 2.43.